The van der Waals surface area contributed by atoms with Crippen LogP contribution in [-0.4, -0.2) is 37.1 Å². The van der Waals surface area contributed by atoms with E-state index in [1.54, 1.807) is 25.6 Å². The van der Waals surface area contributed by atoms with Crippen LogP contribution in [0.25, 0.3) is 0 Å². The van der Waals surface area contributed by atoms with Gasteiger partial charge in [0.25, 0.3) is 0 Å². The molecule has 4 unspecified atom stereocenters. The van der Waals surface area contributed by atoms with Crippen LogP contribution in [0, 0.1) is 11.8 Å². The first-order chi connectivity index (χ1) is 12.6. The third kappa shape index (κ3) is 4.78. The molecule has 1 saturated carbocycles. The summed E-state index contributed by atoms with van der Waals surface area (Å²) in [6.07, 6.45) is -4.55. The smallest absolute Gasteiger partial charge is 0.418 e. The van der Waals surface area contributed by atoms with Crippen LogP contribution in [0.15, 0.2) is 12.1 Å². The molecule has 4 atom stereocenters. The molecule has 0 radical (unpaired) electrons. The molecule has 27 heavy (non-hydrogen) atoms. The first-order valence-corrected chi connectivity index (χ1v) is 10.2. The molecule has 0 spiro atoms. The zero-order valence-electron chi connectivity index (χ0n) is 15.8. The molecule has 1 aliphatic carbocycles. The number of ketones is 1. The topological polar surface area (TPSA) is 59.5 Å². The van der Waals surface area contributed by atoms with Crippen molar-refractivity contribution >= 4 is 26.3 Å². The summed E-state index contributed by atoms with van der Waals surface area (Å²) in [4.78, 5) is 28.7. The Hall–Kier alpha value is -1.69. The average molecular weight is 404 g/mol. The second kappa shape index (κ2) is 8.55. The molecule has 5 nitrogen and oxygen atoms in total. The molecule has 150 valence electrons. The molecule has 1 fully saturated rings. The van der Waals surface area contributed by atoms with Crippen molar-refractivity contribution in [1.82, 2.24) is 4.98 Å². The second-order valence-corrected chi connectivity index (χ2v) is 7.80. The van der Waals surface area contributed by atoms with Crippen molar-refractivity contribution in [2.24, 2.45) is 11.8 Å². The number of Topliss-reactive ketones (excluding diaryl/α,β-unsaturated/α-hetero) is 1. The van der Waals surface area contributed by atoms with Gasteiger partial charge in [-0.1, -0.05) is 6.92 Å². The highest BCUT2D eigenvalue weighted by Gasteiger charge is 2.44. The van der Waals surface area contributed by atoms with Crippen LogP contribution < -0.4 is 4.67 Å². The summed E-state index contributed by atoms with van der Waals surface area (Å²) in [6, 6.07) is 2.38. The number of hydrogen-bond donors (Lipinski definition) is 0. The quantitative estimate of drug-likeness (QED) is 0.422. The van der Waals surface area contributed by atoms with E-state index in [9.17, 15) is 22.8 Å². The molecule has 1 aromatic rings. The van der Waals surface area contributed by atoms with Crippen molar-refractivity contribution in [3.05, 3.63) is 23.4 Å². The summed E-state index contributed by atoms with van der Waals surface area (Å²) in [7, 11) is 2.09. The van der Waals surface area contributed by atoms with Crippen LogP contribution >= 0.6 is 8.73 Å². The molecule has 9 heteroatoms. The van der Waals surface area contributed by atoms with Crippen molar-refractivity contribution in [2.75, 3.05) is 25.0 Å². The van der Waals surface area contributed by atoms with Gasteiger partial charge in [-0.05, 0) is 46.8 Å². The predicted molar refractivity (Wildman–Crippen MR) is 98.2 cm³/mol. The number of ether oxygens (including phenoxy) is 1. The average Bonchev–Trinajstić information content (AvgIpc) is 2.61. The molecule has 0 N–H and O–H groups in total. The van der Waals surface area contributed by atoms with E-state index in [0.29, 0.717) is 14.5 Å². The number of esters is 1. The number of anilines is 1. The molecular weight excluding hydrogens is 380 g/mol. The van der Waals surface area contributed by atoms with E-state index in [1.165, 1.54) is 6.07 Å². The molecule has 0 bridgehead atoms. The lowest BCUT2D eigenvalue weighted by Gasteiger charge is -2.33. The minimum absolute atomic E-state index is 0.117. The summed E-state index contributed by atoms with van der Waals surface area (Å²) in [5, 5.41) is 0. The fraction of sp³-hybridized carbons (Fsp3) is 0.611. The van der Waals surface area contributed by atoms with Gasteiger partial charge < -0.3 is 9.41 Å². The highest BCUT2D eigenvalue weighted by molar-refractivity contribution is 7.39. The molecule has 0 amide bonds. The van der Waals surface area contributed by atoms with Gasteiger partial charge in [0.1, 0.15) is 17.5 Å². The van der Waals surface area contributed by atoms with Crippen molar-refractivity contribution in [1.29, 1.82) is 0 Å². The number of pyridine rings is 1. The van der Waals surface area contributed by atoms with Gasteiger partial charge in [0.2, 0.25) is 0 Å². The summed E-state index contributed by atoms with van der Waals surface area (Å²) in [6.45, 7) is 5.46. The van der Waals surface area contributed by atoms with Crippen LogP contribution in [0.2, 0.25) is 0 Å². The molecular formula is C18H24F3N2O3P. The molecule has 0 aliphatic heterocycles. The third-order valence-electron chi connectivity index (χ3n) is 4.92. The Morgan fingerprint density at radius 1 is 1.41 bits per heavy atom. The van der Waals surface area contributed by atoms with Gasteiger partial charge in [-0.25, -0.2) is 4.98 Å². The number of carbonyl (C=O) groups is 2. The van der Waals surface area contributed by atoms with Crippen LogP contribution in [0.3, 0.4) is 0 Å². The Morgan fingerprint density at radius 2 is 2.07 bits per heavy atom. The third-order valence-corrected chi connectivity index (χ3v) is 5.82. The van der Waals surface area contributed by atoms with Crippen LogP contribution in [0.1, 0.15) is 43.9 Å². The van der Waals surface area contributed by atoms with Gasteiger partial charge in [0, 0.05) is 19.4 Å². The Labute approximate surface area is 158 Å². The molecule has 1 aromatic heterocycles. The Bertz CT molecular complexity index is 712. The first-order valence-electron chi connectivity index (χ1n) is 8.78. The summed E-state index contributed by atoms with van der Waals surface area (Å²) in [5.41, 5.74) is -0.938. The molecule has 0 saturated heterocycles. The SMILES string of the molecule is CCOC(=O)C1CC(C)C(c2nc(N(C)PC)ccc2C(F)(F)F)CC1=O. The number of rotatable bonds is 5. The number of halogens is 3. The minimum atomic E-state index is -4.56. The fourth-order valence-electron chi connectivity index (χ4n) is 3.35. The van der Waals surface area contributed by atoms with Gasteiger partial charge in [0.05, 0.1) is 17.9 Å². The standard InChI is InChI=1S/C18H24F3N2O3P/c1-5-26-17(25)12-8-10(2)11(9-14(12)24)16-13(18(19,20)21)6-7-15(22-16)23(3)27-4/h6-7,10-12,27H,5,8-9H2,1-4H3. The molecule has 1 aliphatic rings. The molecule has 2 rings (SSSR count). The maximum Gasteiger partial charge on any atom is 0.418 e. The number of carbonyl (C=O) groups excluding carboxylic acids is 2. The summed E-state index contributed by atoms with van der Waals surface area (Å²) < 4.78 is 47.3. The van der Waals surface area contributed by atoms with Crippen LogP contribution in [-0.2, 0) is 20.5 Å². The van der Waals surface area contributed by atoms with E-state index in [-0.39, 0.29) is 36.8 Å². The van der Waals surface area contributed by atoms with E-state index >= 15 is 0 Å². The normalized spacial score (nSPS) is 23.7. The van der Waals surface area contributed by atoms with E-state index < -0.39 is 29.5 Å². The van der Waals surface area contributed by atoms with E-state index in [2.05, 4.69) is 4.98 Å². The Morgan fingerprint density at radius 3 is 2.63 bits per heavy atom. The lowest BCUT2D eigenvalue weighted by atomic mass is 9.72. The maximum absolute atomic E-state index is 13.5. The van der Waals surface area contributed by atoms with Gasteiger partial charge in [0.15, 0.2) is 0 Å². The minimum Gasteiger partial charge on any atom is -0.465 e. The maximum atomic E-state index is 13.5. The van der Waals surface area contributed by atoms with Crippen LogP contribution in [0.5, 0.6) is 0 Å². The summed E-state index contributed by atoms with van der Waals surface area (Å²) in [5.74, 6) is -2.46. The lowest BCUT2D eigenvalue weighted by Crippen LogP contribution is -2.36. The van der Waals surface area contributed by atoms with Gasteiger partial charge in [-0.15, -0.1) is 0 Å². The van der Waals surface area contributed by atoms with E-state index in [1.807, 2.05) is 6.66 Å². The second-order valence-electron chi connectivity index (χ2n) is 6.68. The first kappa shape index (κ1) is 21.6. The van der Waals surface area contributed by atoms with Crippen molar-refractivity contribution < 1.29 is 27.5 Å². The van der Waals surface area contributed by atoms with E-state index in [0.717, 1.165) is 6.07 Å². The molecule has 0 aromatic carbocycles. The number of nitrogens with zero attached hydrogens (tertiary/aromatic N) is 2. The monoisotopic (exact) mass is 404 g/mol. The lowest BCUT2D eigenvalue weighted by molar-refractivity contribution is -0.154. The van der Waals surface area contributed by atoms with Crippen molar-refractivity contribution in [3.63, 3.8) is 0 Å². The zero-order chi connectivity index (χ0) is 20.4. The van der Waals surface area contributed by atoms with E-state index in [4.69, 9.17) is 4.74 Å². The zero-order valence-corrected chi connectivity index (χ0v) is 16.8. The fourth-order valence-corrected chi connectivity index (χ4v) is 3.71. The van der Waals surface area contributed by atoms with Crippen molar-refractivity contribution in [3.8, 4) is 0 Å². The predicted octanol–water partition coefficient (Wildman–Crippen LogP) is 4.02. The van der Waals surface area contributed by atoms with Gasteiger partial charge in [-0.2, -0.15) is 13.2 Å². The summed E-state index contributed by atoms with van der Waals surface area (Å²) >= 11 is 0. The number of hydrogen-bond acceptors (Lipinski definition) is 5. The van der Waals surface area contributed by atoms with Gasteiger partial charge >= 0.3 is 12.1 Å². The Kier molecular flexibility index (Phi) is 6.84. The number of alkyl halides is 3. The Balaban J connectivity index is 2.41. The highest BCUT2D eigenvalue weighted by atomic mass is 31.1. The highest BCUT2D eigenvalue weighted by Crippen LogP contribution is 2.44. The van der Waals surface area contributed by atoms with Crippen LogP contribution in [0.4, 0.5) is 19.0 Å². The van der Waals surface area contributed by atoms with Gasteiger partial charge in [-0.3, -0.25) is 9.59 Å². The van der Waals surface area contributed by atoms with Crippen molar-refractivity contribution in [2.45, 2.75) is 38.8 Å². The largest absolute Gasteiger partial charge is 0.465 e. The number of aromatic nitrogens is 1. The molecule has 1 heterocycles.